The van der Waals surface area contributed by atoms with E-state index in [1.807, 2.05) is 13.1 Å². The molecule has 1 aromatic carbocycles. The molecule has 0 radical (unpaired) electrons. The summed E-state index contributed by atoms with van der Waals surface area (Å²) in [4.78, 5) is 2.14. The third-order valence-corrected chi connectivity index (χ3v) is 4.32. The molecule has 0 spiro atoms. The molecule has 1 aromatic rings. The van der Waals surface area contributed by atoms with Crippen LogP contribution >= 0.6 is 0 Å². The van der Waals surface area contributed by atoms with Crippen molar-refractivity contribution in [2.75, 3.05) is 18.5 Å². The second kappa shape index (κ2) is 6.13. The van der Waals surface area contributed by atoms with Crippen molar-refractivity contribution in [1.29, 1.82) is 0 Å². The summed E-state index contributed by atoms with van der Waals surface area (Å²) in [5, 5.41) is 3.30. The third kappa shape index (κ3) is 3.81. The summed E-state index contributed by atoms with van der Waals surface area (Å²) < 4.78 is 40.9. The highest BCUT2D eigenvalue weighted by Crippen LogP contribution is 2.32. The topological polar surface area (TPSA) is 24.5 Å². The molecule has 1 fully saturated rings. The molecule has 1 aliphatic heterocycles. The fraction of sp³-hybridized carbons (Fsp3) is 0.600. The first-order valence-corrected chi connectivity index (χ1v) is 7.11. The standard InChI is InChI=1S/C15H21F3N2O/c1-10-11(2)20(8-7-14(10)19-3)12-5-4-6-13(9-12)21-15(16,17)18/h4-6,9-11,14,19H,7-8H2,1-3H3. The van der Waals surface area contributed by atoms with Crippen molar-refractivity contribution in [3.8, 4) is 5.75 Å². The minimum atomic E-state index is -4.66. The molecule has 1 N–H and O–H groups in total. The van der Waals surface area contributed by atoms with Gasteiger partial charge < -0.3 is 15.0 Å². The van der Waals surface area contributed by atoms with E-state index in [4.69, 9.17) is 0 Å². The Balaban J connectivity index is 2.17. The summed E-state index contributed by atoms with van der Waals surface area (Å²) >= 11 is 0. The molecule has 2 rings (SSSR count). The van der Waals surface area contributed by atoms with Crippen molar-refractivity contribution < 1.29 is 17.9 Å². The lowest BCUT2D eigenvalue weighted by atomic mass is 9.87. The van der Waals surface area contributed by atoms with Crippen molar-refractivity contribution in [3.63, 3.8) is 0 Å². The molecule has 21 heavy (non-hydrogen) atoms. The van der Waals surface area contributed by atoms with E-state index >= 15 is 0 Å². The number of hydrogen-bond donors (Lipinski definition) is 1. The highest BCUT2D eigenvalue weighted by Gasteiger charge is 2.33. The number of rotatable bonds is 3. The van der Waals surface area contributed by atoms with Crippen LogP contribution in [-0.4, -0.2) is 32.0 Å². The van der Waals surface area contributed by atoms with Crippen LogP contribution in [0.2, 0.25) is 0 Å². The maximum atomic E-state index is 12.3. The quantitative estimate of drug-likeness (QED) is 0.926. The van der Waals surface area contributed by atoms with Gasteiger partial charge in [-0.3, -0.25) is 0 Å². The first kappa shape index (κ1) is 15.9. The number of halogens is 3. The van der Waals surface area contributed by atoms with Crippen LogP contribution in [0.1, 0.15) is 20.3 Å². The van der Waals surface area contributed by atoms with E-state index in [0.717, 1.165) is 18.7 Å². The molecular weight excluding hydrogens is 281 g/mol. The summed E-state index contributed by atoms with van der Waals surface area (Å²) in [7, 11) is 1.95. The van der Waals surface area contributed by atoms with Gasteiger partial charge in [-0.2, -0.15) is 0 Å². The van der Waals surface area contributed by atoms with Gasteiger partial charge in [-0.25, -0.2) is 0 Å². The Hall–Kier alpha value is -1.43. The monoisotopic (exact) mass is 302 g/mol. The SMILES string of the molecule is CNC1CCN(c2cccc(OC(F)(F)F)c2)C(C)C1C. The van der Waals surface area contributed by atoms with Crippen molar-refractivity contribution in [3.05, 3.63) is 24.3 Å². The molecule has 0 aromatic heterocycles. The zero-order chi connectivity index (χ0) is 15.6. The predicted octanol–water partition coefficient (Wildman–Crippen LogP) is 3.41. The molecule has 0 amide bonds. The molecule has 0 bridgehead atoms. The molecule has 118 valence electrons. The van der Waals surface area contributed by atoms with Gasteiger partial charge in [0.05, 0.1) is 0 Å². The molecule has 0 aliphatic carbocycles. The highest BCUT2D eigenvalue weighted by atomic mass is 19.4. The van der Waals surface area contributed by atoms with Gasteiger partial charge in [0.15, 0.2) is 0 Å². The number of ether oxygens (including phenoxy) is 1. The average molecular weight is 302 g/mol. The number of hydrogen-bond acceptors (Lipinski definition) is 3. The predicted molar refractivity (Wildman–Crippen MR) is 76.6 cm³/mol. The lowest BCUT2D eigenvalue weighted by molar-refractivity contribution is -0.274. The van der Waals surface area contributed by atoms with Crippen molar-refractivity contribution in [2.45, 2.75) is 38.7 Å². The molecule has 1 aliphatic rings. The summed E-state index contributed by atoms with van der Waals surface area (Å²) in [6.07, 6.45) is -3.69. The molecule has 0 saturated carbocycles. The molecular formula is C15H21F3N2O. The molecule has 1 heterocycles. The van der Waals surface area contributed by atoms with E-state index < -0.39 is 6.36 Å². The van der Waals surface area contributed by atoms with E-state index in [1.165, 1.54) is 12.1 Å². The Morgan fingerprint density at radius 2 is 2.00 bits per heavy atom. The Bertz CT molecular complexity index is 478. The second-order valence-corrected chi connectivity index (χ2v) is 5.52. The van der Waals surface area contributed by atoms with E-state index in [1.54, 1.807) is 6.07 Å². The van der Waals surface area contributed by atoms with E-state index in [-0.39, 0.29) is 11.8 Å². The van der Waals surface area contributed by atoms with Crippen LogP contribution in [0.15, 0.2) is 24.3 Å². The minimum absolute atomic E-state index is 0.171. The normalized spacial score (nSPS) is 26.8. The van der Waals surface area contributed by atoms with Gasteiger partial charge in [-0.1, -0.05) is 13.0 Å². The summed E-state index contributed by atoms with van der Waals surface area (Å²) in [5.74, 6) is 0.242. The van der Waals surface area contributed by atoms with Gasteiger partial charge in [0.1, 0.15) is 5.75 Å². The smallest absolute Gasteiger partial charge is 0.406 e. The van der Waals surface area contributed by atoms with Crippen molar-refractivity contribution in [1.82, 2.24) is 5.32 Å². The number of piperidine rings is 1. The average Bonchev–Trinajstić information content (AvgIpc) is 2.40. The number of nitrogens with zero attached hydrogens (tertiary/aromatic N) is 1. The Morgan fingerprint density at radius 3 is 2.62 bits per heavy atom. The van der Waals surface area contributed by atoms with Crippen molar-refractivity contribution >= 4 is 5.69 Å². The van der Waals surface area contributed by atoms with Gasteiger partial charge in [0, 0.05) is 30.4 Å². The summed E-state index contributed by atoms with van der Waals surface area (Å²) in [6, 6.07) is 6.88. The first-order valence-electron chi connectivity index (χ1n) is 7.11. The van der Waals surface area contributed by atoms with Crippen LogP contribution in [0, 0.1) is 5.92 Å². The van der Waals surface area contributed by atoms with Crippen molar-refractivity contribution in [2.24, 2.45) is 5.92 Å². The minimum Gasteiger partial charge on any atom is -0.406 e. The van der Waals surface area contributed by atoms with Crippen LogP contribution in [-0.2, 0) is 0 Å². The molecule has 6 heteroatoms. The van der Waals surface area contributed by atoms with Crippen LogP contribution < -0.4 is 15.0 Å². The maximum absolute atomic E-state index is 12.3. The number of nitrogens with one attached hydrogen (secondary N) is 1. The lowest BCUT2D eigenvalue weighted by Gasteiger charge is -2.44. The molecule has 3 nitrogen and oxygen atoms in total. The van der Waals surface area contributed by atoms with Crippen LogP contribution in [0.4, 0.5) is 18.9 Å². The number of anilines is 1. The molecule has 3 atom stereocenters. The zero-order valence-corrected chi connectivity index (χ0v) is 12.4. The van der Waals surface area contributed by atoms with Gasteiger partial charge in [-0.05, 0) is 38.4 Å². The van der Waals surface area contributed by atoms with Crippen LogP contribution in [0.3, 0.4) is 0 Å². The maximum Gasteiger partial charge on any atom is 0.573 e. The fourth-order valence-electron chi connectivity index (χ4n) is 3.00. The molecule has 3 unspecified atom stereocenters. The van der Waals surface area contributed by atoms with Crippen LogP contribution in [0.5, 0.6) is 5.75 Å². The zero-order valence-electron chi connectivity index (χ0n) is 12.4. The largest absolute Gasteiger partial charge is 0.573 e. The third-order valence-electron chi connectivity index (χ3n) is 4.32. The second-order valence-electron chi connectivity index (χ2n) is 5.52. The number of benzene rings is 1. The van der Waals surface area contributed by atoms with Gasteiger partial charge >= 0.3 is 6.36 Å². The Morgan fingerprint density at radius 1 is 1.29 bits per heavy atom. The fourth-order valence-corrected chi connectivity index (χ4v) is 3.00. The first-order chi connectivity index (χ1) is 9.81. The Kier molecular flexibility index (Phi) is 4.66. The number of alkyl halides is 3. The van der Waals surface area contributed by atoms with E-state index in [0.29, 0.717) is 12.0 Å². The van der Waals surface area contributed by atoms with Gasteiger partial charge in [-0.15, -0.1) is 13.2 Å². The molecule has 1 saturated heterocycles. The summed E-state index contributed by atoms with van der Waals surface area (Å²) in [5.41, 5.74) is 0.769. The van der Waals surface area contributed by atoms with Crippen LogP contribution in [0.25, 0.3) is 0 Å². The lowest BCUT2D eigenvalue weighted by Crippen LogP contribution is -2.52. The summed E-state index contributed by atoms with van der Waals surface area (Å²) in [6.45, 7) is 5.08. The Labute approximate surface area is 123 Å². The van der Waals surface area contributed by atoms with Gasteiger partial charge in [0.25, 0.3) is 0 Å². The highest BCUT2D eigenvalue weighted by molar-refractivity contribution is 5.52. The van der Waals surface area contributed by atoms with E-state index in [9.17, 15) is 13.2 Å². The van der Waals surface area contributed by atoms with Gasteiger partial charge in [0.2, 0.25) is 0 Å². The van der Waals surface area contributed by atoms with E-state index in [2.05, 4.69) is 28.8 Å².